The first-order valence-electron chi connectivity index (χ1n) is 10.5. The van der Waals surface area contributed by atoms with Crippen LogP contribution in [0.2, 0.25) is 5.02 Å². The summed E-state index contributed by atoms with van der Waals surface area (Å²) in [5.74, 6) is 2.57. The Morgan fingerprint density at radius 1 is 1.09 bits per heavy atom. The number of ether oxygens (including phenoxy) is 2. The lowest BCUT2D eigenvalue weighted by Gasteiger charge is -2.16. The SMILES string of the molecule is Clc1cc(Nc2ncnc3cccc(OC[C@H]4CCCN4)c23)ccc1Oc1cccnc1. The van der Waals surface area contributed by atoms with Gasteiger partial charge in [0.2, 0.25) is 0 Å². The molecule has 0 bridgehead atoms. The van der Waals surface area contributed by atoms with E-state index in [1.807, 2.05) is 42.5 Å². The van der Waals surface area contributed by atoms with Crippen LogP contribution in [0.1, 0.15) is 12.8 Å². The van der Waals surface area contributed by atoms with E-state index in [0.29, 0.717) is 35.0 Å². The summed E-state index contributed by atoms with van der Waals surface area (Å²) in [6.45, 7) is 1.65. The number of benzene rings is 2. The molecule has 32 heavy (non-hydrogen) atoms. The minimum atomic E-state index is 0.373. The van der Waals surface area contributed by atoms with Crippen LogP contribution in [0.15, 0.2) is 67.3 Å². The maximum absolute atomic E-state index is 6.47. The van der Waals surface area contributed by atoms with E-state index in [2.05, 4.69) is 25.6 Å². The molecule has 0 saturated carbocycles. The average Bonchev–Trinajstić information content (AvgIpc) is 3.34. The Bertz CT molecular complexity index is 1210. The molecule has 2 aromatic heterocycles. The number of pyridine rings is 1. The zero-order valence-corrected chi connectivity index (χ0v) is 18.0. The first-order chi connectivity index (χ1) is 15.8. The van der Waals surface area contributed by atoms with E-state index in [1.54, 1.807) is 18.5 Å². The van der Waals surface area contributed by atoms with Crippen LogP contribution in [-0.4, -0.2) is 34.1 Å². The molecular weight excluding hydrogens is 426 g/mol. The topological polar surface area (TPSA) is 81.2 Å². The molecule has 1 atom stereocenters. The highest BCUT2D eigenvalue weighted by molar-refractivity contribution is 6.32. The summed E-state index contributed by atoms with van der Waals surface area (Å²) < 4.78 is 12.0. The Balaban J connectivity index is 1.39. The normalized spacial score (nSPS) is 15.6. The highest BCUT2D eigenvalue weighted by Crippen LogP contribution is 2.35. The number of nitrogens with one attached hydrogen (secondary N) is 2. The fourth-order valence-electron chi connectivity index (χ4n) is 3.72. The molecule has 2 aromatic carbocycles. The molecule has 1 aliphatic heterocycles. The summed E-state index contributed by atoms with van der Waals surface area (Å²) in [4.78, 5) is 12.9. The number of hydrogen-bond donors (Lipinski definition) is 2. The third kappa shape index (κ3) is 4.59. The Kier molecular flexibility index (Phi) is 6.00. The van der Waals surface area contributed by atoms with Crippen molar-refractivity contribution >= 4 is 34.0 Å². The number of hydrogen-bond acceptors (Lipinski definition) is 7. The van der Waals surface area contributed by atoms with Crippen LogP contribution in [0.25, 0.3) is 10.9 Å². The summed E-state index contributed by atoms with van der Waals surface area (Å²) in [5, 5.41) is 8.11. The van der Waals surface area contributed by atoms with Gasteiger partial charge in [-0.1, -0.05) is 17.7 Å². The standard InChI is InChI=1S/C24H22ClN5O2/c25-19-12-16(8-9-21(19)32-18-5-3-10-26-13-18)30-24-23-20(28-15-29-24)6-1-7-22(23)31-14-17-4-2-11-27-17/h1,3,5-10,12-13,15,17,27H,2,4,11,14H2,(H,28,29,30)/t17-/m1/s1. The minimum Gasteiger partial charge on any atom is -0.491 e. The van der Waals surface area contributed by atoms with Crippen molar-refractivity contribution < 1.29 is 9.47 Å². The van der Waals surface area contributed by atoms with Crippen molar-refractivity contribution in [1.29, 1.82) is 0 Å². The molecule has 4 aromatic rings. The van der Waals surface area contributed by atoms with Gasteiger partial charge >= 0.3 is 0 Å². The highest BCUT2D eigenvalue weighted by atomic mass is 35.5. The quantitative estimate of drug-likeness (QED) is 0.395. The van der Waals surface area contributed by atoms with Gasteiger partial charge in [-0.05, 0) is 61.9 Å². The molecule has 7 nitrogen and oxygen atoms in total. The Morgan fingerprint density at radius 3 is 2.88 bits per heavy atom. The lowest BCUT2D eigenvalue weighted by molar-refractivity contribution is 0.280. The van der Waals surface area contributed by atoms with Crippen LogP contribution in [0.3, 0.4) is 0 Å². The van der Waals surface area contributed by atoms with E-state index < -0.39 is 0 Å². The summed E-state index contributed by atoms with van der Waals surface area (Å²) >= 11 is 6.47. The average molecular weight is 448 g/mol. The summed E-state index contributed by atoms with van der Waals surface area (Å²) in [5.41, 5.74) is 1.59. The van der Waals surface area contributed by atoms with Crippen LogP contribution in [0.5, 0.6) is 17.2 Å². The zero-order chi connectivity index (χ0) is 21.8. The van der Waals surface area contributed by atoms with Gasteiger partial charge in [0.05, 0.1) is 22.1 Å². The Morgan fingerprint density at radius 2 is 2.06 bits per heavy atom. The van der Waals surface area contributed by atoms with Gasteiger partial charge in [0.15, 0.2) is 0 Å². The van der Waals surface area contributed by atoms with Crippen molar-refractivity contribution in [1.82, 2.24) is 20.3 Å². The number of halogens is 1. The van der Waals surface area contributed by atoms with Crippen molar-refractivity contribution in [2.75, 3.05) is 18.5 Å². The molecule has 3 heterocycles. The first kappa shape index (κ1) is 20.5. The van der Waals surface area contributed by atoms with Gasteiger partial charge in [-0.25, -0.2) is 9.97 Å². The maximum Gasteiger partial charge on any atom is 0.146 e. The van der Waals surface area contributed by atoms with Gasteiger partial charge in [-0.3, -0.25) is 4.98 Å². The molecule has 1 saturated heterocycles. The second-order valence-electron chi connectivity index (χ2n) is 7.54. The molecule has 1 fully saturated rings. The predicted molar refractivity (Wildman–Crippen MR) is 125 cm³/mol. The van der Waals surface area contributed by atoms with Crippen LogP contribution in [-0.2, 0) is 0 Å². The van der Waals surface area contributed by atoms with E-state index in [0.717, 1.165) is 35.3 Å². The van der Waals surface area contributed by atoms with E-state index in [9.17, 15) is 0 Å². The largest absolute Gasteiger partial charge is 0.491 e. The third-order valence-corrected chi connectivity index (χ3v) is 5.58. The van der Waals surface area contributed by atoms with E-state index in [4.69, 9.17) is 21.1 Å². The van der Waals surface area contributed by atoms with E-state index in [1.165, 1.54) is 12.7 Å². The van der Waals surface area contributed by atoms with E-state index >= 15 is 0 Å². The lowest BCUT2D eigenvalue weighted by Crippen LogP contribution is -2.28. The van der Waals surface area contributed by atoms with Crippen LogP contribution < -0.4 is 20.1 Å². The maximum atomic E-state index is 6.47. The van der Waals surface area contributed by atoms with Crippen molar-refractivity contribution in [3.63, 3.8) is 0 Å². The summed E-state index contributed by atoms with van der Waals surface area (Å²) in [6, 6.07) is 15.3. The van der Waals surface area contributed by atoms with Crippen LogP contribution >= 0.6 is 11.6 Å². The number of anilines is 2. The number of fused-ring (bicyclic) bond motifs is 1. The molecule has 2 N–H and O–H groups in total. The van der Waals surface area contributed by atoms with Crippen molar-refractivity contribution in [3.05, 3.63) is 72.3 Å². The molecule has 0 radical (unpaired) electrons. The van der Waals surface area contributed by atoms with Crippen LogP contribution in [0, 0.1) is 0 Å². The molecule has 0 unspecified atom stereocenters. The van der Waals surface area contributed by atoms with Crippen molar-refractivity contribution in [2.24, 2.45) is 0 Å². The summed E-state index contributed by atoms with van der Waals surface area (Å²) in [7, 11) is 0. The Hall–Kier alpha value is -3.42. The number of nitrogens with zero attached hydrogens (tertiary/aromatic N) is 3. The van der Waals surface area contributed by atoms with Gasteiger partial charge in [-0.2, -0.15) is 0 Å². The molecule has 0 amide bonds. The molecule has 162 valence electrons. The predicted octanol–water partition coefficient (Wildman–Crippen LogP) is 5.34. The third-order valence-electron chi connectivity index (χ3n) is 5.28. The molecule has 5 rings (SSSR count). The Labute approximate surface area is 190 Å². The molecular formula is C24H22ClN5O2. The molecule has 1 aliphatic rings. The van der Waals surface area contributed by atoms with Gasteiger partial charge in [0.25, 0.3) is 0 Å². The van der Waals surface area contributed by atoms with Gasteiger partial charge in [0.1, 0.15) is 36.0 Å². The monoisotopic (exact) mass is 447 g/mol. The van der Waals surface area contributed by atoms with Gasteiger partial charge in [0, 0.05) is 17.9 Å². The minimum absolute atomic E-state index is 0.373. The second kappa shape index (κ2) is 9.38. The molecule has 0 aliphatic carbocycles. The second-order valence-corrected chi connectivity index (χ2v) is 7.95. The smallest absolute Gasteiger partial charge is 0.146 e. The molecule has 8 heteroatoms. The number of rotatable bonds is 7. The summed E-state index contributed by atoms with van der Waals surface area (Å²) in [6.07, 6.45) is 7.17. The van der Waals surface area contributed by atoms with Crippen molar-refractivity contribution in [2.45, 2.75) is 18.9 Å². The zero-order valence-electron chi connectivity index (χ0n) is 17.3. The van der Waals surface area contributed by atoms with Crippen LogP contribution in [0.4, 0.5) is 11.5 Å². The van der Waals surface area contributed by atoms with Gasteiger partial charge in [-0.15, -0.1) is 0 Å². The van der Waals surface area contributed by atoms with Gasteiger partial charge < -0.3 is 20.1 Å². The van der Waals surface area contributed by atoms with Crippen molar-refractivity contribution in [3.8, 4) is 17.2 Å². The van der Waals surface area contributed by atoms with E-state index in [-0.39, 0.29) is 0 Å². The molecule has 0 spiro atoms. The fraction of sp³-hybridized carbons (Fsp3) is 0.208. The highest BCUT2D eigenvalue weighted by Gasteiger charge is 2.17. The first-order valence-corrected chi connectivity index (χ1v) is 10.9. The lowest BCUT2D eigenvalue weighted by atomic mass is 10.2. The fourth-order valence-corrected chi connectivity index (χ4v) is 3.93. The number of aromatic nitrogens is 3.